The Morgan fingerprint density at radius 1 is 0.348 bits per heavy atom. The van der Waals surface area contributed by atoms with E-state index in [0.717, 1.165) is 105 Å². The first kappa shape index (κ1) is 39.3. The molecule has 14 rings (SSSR count). The molecule has 9 aromatic carbocycles. The topological polar surface area (TPSA) is 73.7 Å². The van der Waals surface area contributed by atoms with Crippen LogP contribution in [-0.4, -0.2) is 24.9 Å². The molecular weight excluding hydrogens is 863 g/mol. The van der Waals surface area contributed by atoms with E-state index in [0.29, 0.717) is 23.3 Å². The molecule has 0 N–H and O–H groups in total. The van der Waals surface area contributed by atoms with Crippen molar-refractivity contribution in [3.8, 4) is 90.6 Å². The minimum atomic E-state index is -0.814. The van der Waals surface area contributed by atoms with Crippen LogP contribution in [0.3, 0.4) is 0 Å². The quantitative estimate of drug-likeness (QED) is 0.166. The van der Waals surface area contributed by atoms with Crippen LogP contribution in [0.2, 0.25) is 0 Å². The lowest BCUT2D eigenvalue weighted by molar-refractivity contribution is 0.436. The third kappa shape index (κ3) is 6.14. The smallest absolute Gasteiger partial charge is 0.164 e. The van der Waals surface area contributed by atoms with Crippen LogP contribution in [0.4, 0.5) is 0 Å². The molecule has 2 aliphatic rings. The fourth-order valence-electron chi connectivity index (χ4n) is 10.6. The van der Waals surface area contributed by atoms with Crippen LogP contribution >= 0.6 is 11.3 Å². The summed E-state index contributed by atoms with van der Waals surface area (Å²) in [4.78, 5) is 26.4. The van der Waals surface area contributed by atoms with Crippen LogP contribution in [0.1, 0.15) is 22.3 Å². The van der Waals surface area contributed by atoms with Gasteiger partial charge in [0, 0.05) is 49.0 Å². The van der Waals surface area contributed by atoms with Gasteiger partial charge in [0.1, 0.15) is 11.5 Å². The van der Waals surface area contributed by atoms with E-state index in [1.165, 1.54) is 4.70 Å². The van der Waals surface area contributed by atoms with Crippen molar-refractivity contribution in [2.24, 2.45) is 0 Å². The normalized spacial score (nSPS) is 12.9. The Bertz CT molecular complexity index is 3900. The molecule has 0 bridgehead atoms. The van der Waals surface area contributed by atoms with Crippen LogP contribution in [0, 0.1) is 0 Å². The molecule has 1 aliphatic heterocycles. The summed E-state index contributed by atoms with van der Waals surface area (Å²) in [5.41, 5.74) is 14.7. The van der Waals surface area contributed by atoms with Gasteiger partial charge in [0.05, 0.1) is 21.3 Å². The molecule has 4 heterocycles. The minimum absolute atomic E-state index is 0.603. The predicted molar refractivity (Wildman–Crippen MR) is 278 cm³/mol. The Hall–Kier alpha value is -8.91. The number of nitrogens with zero attached hydrogens (tertiary/aromatic N) is 5. The Morgan fingerprint density at radius 2 is 0.884 bits per heavy atom. The SMILES string of the molecule is c1ccc(-c2nc(-c3ccccc3)nc(-c3cccc4c3C3(c5ccccc5Oc5ccccc53)c3cc(-c5cccc(-c6nc(-c7ccccc7)c7sc8ccccc8c7n6)c5)ccc3-4)n2)cc1. The van der Waals surface area contributed by atoms with Gasteiger partial charge in [-0.1, -0.05) is 194 Å². The minimum Gasteiger partial charge on any atom is -0.457 e. The van der Waals surface area contributed by atoms with E-state index in [9.17, 15) is 0 Å². The van der Waals surface area contributed by atoms with Crippen LogP contribution in [0.5, 0.6) is 11.5 Å². The van der Waals surface area contributed by atoms with Crippen molar-refractivity contribution < 1.29 is 4.74 Å². The molecule has 0 fully saturated rings. The zero-order valence-corrected chi connectivity index (χ0v) is 37.7. The molecule has 12 aromatic rings. The second-order valence-electron chi connectivity index (χ2n) is 17.5. The summed E-state index contributed by atoms with van der Waals surface area (Å²) in [5, 5.41) is 1.14. The summed E-state index contributed by atoms with van der Waals surface area (Å²) in [6, 6.07) is 78.4. The number of thiophene rings is 1. The van der Waals surface area contributed by atoms with Gasteiger partial charge < -0.3 is 4.74 Å². The molecule has 1 aliphatic carbocycles. The summed E-state index contributed by atoms with van der Waals surface area (Å²) in [6.07, 6.45) is 0. The molecule has 69 heavy (non-hydrogen) atoms. The van der Waals surface area contributed by atoms with Crippen molar-refractivity contribution in [3.05, 3.63) is 247 Å². The van der Waals surface area contributed by atoms with Crippen LogP contribution in [-0.2, 0) is 5.41 Å². The number of rotatable bonds is 6. The maximum atomic E-state index is 6.81. The molecule has 0 radical (unpaired) electrons. The Balaban J connectivity index is 0.995. The predicted octanol–water partition coefficient (Wildman–Crippen LogP) is 15.5. The average molecular weight is 900 g/mol. The summed E-state index contributed by atoms with van der Waals surface area (Å²) < 4.78 is 9.10. The maximum Gasteiger partial charge on any atom is 0.164 e. The number of fused-ring (bicyclic) bond motifs is 12. The van der Waals surface area contributed by atoms with E-state index in [2.05, 4.69) is 182 Å². The Morgan fingerprint density at radius 3 is 1.59 bits per heavy atom. The molecule has 322 valence electrons. The van der Waals surface area contributed by atoms with E-state index in [1.807, 2.05) is 42.5 Å². The fourth-order valence-corrected chi connectivity index (χ4v) is 11.8. The number of benzene rings is 9. The Labute approximate surface area is 402 Å². The lowest BCUT2D eigenvalue weighted by Gasteiger charge is -2.40. The van der Waals surface area contributed by atoms with Crippen LogP contribution < -0.4 is 4.74 Å². The highest BCUT2D eigenvalue weighted by Gasteiger charge is 2.52. The van der Waals surface area contributed by atoms with E-state index in [-0.39, 0.29) is 0 Å². The average Bonchev–Trinajstić information content (AvgIpc) is 3.95. The monoisotopic (exact) mass is 899 g/mol. The van der Waals surface area contributed by atoms with Gasteiger partial charge in [-0.2, -0.15) is 0 Å². The summed E-state index contributed by atoms with van der Waals surface area (Å²) in [6.45, 7) is 0. The summed E-state index contributed by atoms with van der Waals surface area (Å²) in [7, 11) is 0. The standard InChI is InChI=1S/C62H37N5OS/c1-4-18-38(19-5-1)55-57-56(46-26-10-15-33-53(46)69-57)64-60(63-55)43-25-16-24-41(36-43)42-34-35-44-45-27-17-28-47(61-66-58(39-20-6-2-7-21-39)65-59(67-61)40-22-8-3-9-23-40)54(45)62(50(44)37-42)48-29-11-13-31-51(48)68-52-32-14-12-30-49(52)62/h1-37H. The number of ether oxygens (including phenoxy) is 1. The molecule has 7 heteroatoms. The largest absolute Gasteiger partial charge is 0.457 e. The third-order valence-corrected chi connectivity index (χ3v) is 14.8. The van der Waals surface area contributed by atoms with Crippen LogP contribution in [0.15, 0.2) is 224 Å². The first-order chi connectivity index (χ1) is 34.2. The second-order valence-corrected chi connectivity index (χ2v) is 18.5. The van der Waals surface area contributed by atoms with Gasteiger partial charge >= 0.3 is 0 Å². The number of hydrogen-bond acceptors (Lipinski definition) is 7. The van der Waals surface area contributed by atoms with Crippen molar-refractivity contribution >= 4 is 31.6 Å². The molecule has 3 aromatic heterocycles. The fraction of sp³-hybridized carbons (Fsp3) is 0.0161. The van der Waals surface area contributed by atoms with Gasteiger partial charge in [-0.3, -0.25) is 0 Å². The zero-order chi connectivity index (χ0) is 45.5. The van der Waals surface area contributed by atoms with Crippen molar-refractivity contribution in [2.45, 2.75) is 5.41 Å². The lowest BCUT2D eigenvalue weighted by atomic mass is 9.64. The van der Waals surface area contributed by atoms with Gasteiger partial charge in [-0.05, 0) is 63.7 Å². The number of aromatic nitrogens is 5. The Kier molecular flexibility index (Phi) is 8.87. The molecule has 0 unspecified atom stereocenters. The second kappa shape index (κ2) is 15.6. The van der Waals surface area contributed by atoms with Gasteiger partial charge in [0.25, 0.3) is 0 Å². The van der Waals surface area contributed by atoms with Crippen molar-refractivity contribution in [3.63, 3.8) is 0 Å². The third-order valence-electron chi connectivity index (χ3n) is 13.6. The van der Waals surface area contributed by atoms with Crippen molar-refractivity contribution in [1.82, 2.24) is 24.9 Å². The highest BCUT2D eigenvalue weighted by Crippen LogP contribution is 2.64. The maximum absolute atomic E-state index is 6.81. The molecule has 0 amide bonds. The molecule has 0 atom stereocenters. The van der Waals surface area contributed by atoms with E-state index < -0.39 is 5.41 Å². The molecule has 6 nitrogen and oxygen atoms in total. The van der Waals surface area contributed by atoms with Gasteiger partial charge in [-0.15, -0.1) is 11.3 Å². The molecule has 1 spiro atoms. The molecule has 0 saturated heterocycles. The highest BCUT2D eigenvalue weighted by molar-refractivity contribution is 7.26. The lowest BCUT2D eigenvalue weighted by Crippen LogP contribution is -2.32. The number of hydrogen-bond donors (Lipinski definition) is 0. The van der Waals surface area contributed by atoms with Crippen LogP contribution in [0.25, 0.3) is 99.4 Å². The first-order valence-electron chi connectivity index (χ1n) is 23.1. The van der Waals surface area contributed by atoms with E-state index in [1.54, 1.807) is 11.3 Å². The summed E-state index contributed by atoms with van der Waals surface area (Å²) in [5.74, 6) is 4.14. The van der Waals surface area contributed by atoms with Crippen molar-refractivity contribution in [1.29, 1.82) is 0 Å². The van der Waals surface area contributed by atoms with Gasteiger partial charge in [0.2, 0.25) is 0 Å². The molecule has 0 saturated carbocycles. The van der Waals surface area contributed by atoms with Gasteiger partial charge in [-0.25, -0.2) is 24.9 Å². The van der Waals surface area contributed by atoms with E-state index in [4.69, 9.17) is 29.7 Å². The first-order valence-corrected chi connectivity index (χ1v) is 23.9. The van der Waals surface area contributed by atoms with Gasteiger partial charge in [0.15, 0.2) is 23.3 Å². The molecular formula is C62H37N5OS. The zero-order valence-electron chi connectivity index (χ0n) is 36.9. The number of para-hydroxylation sites is 2. The summed E-state index contributed by atoms with van der Waals surface area (Å²) >= 11 is 1.75. The van der Waals surface area contributed by atoms with E-state index >= 15 is 0 Å². The van der Waals surface area contributed by atoms with Crippen molar-refractivity contribution in [2.75, 3.05) is 0 Å². The highest BCUT2D eigenvalue weighted by atomic mass is 32.1.